The first-order valence-corrected chi connectivity index (χ1v) is 9.80. The Balaban J connectivity index is 1.66. The molecule has 0 radical (unpaired) electrons. The fraction of sp³-hybridized carbons (Fsp3) is 0.619. The molecule has 2 aromatic rings. The topological polar surface area (TPSA) is 9.37 Å². The lowest BCUT2D eigenvalue weighted by atomic mass is 9.83. The molecule has 1 N–H and O–H groups in total. The van der Waals surface area contributed by atoms with E-state index in [1.807, 2.05) is 0 Å². The van der Waals surface area contributed by atoms with Crippen LogP contribution in [0.4, 0.5) is 0 Å². The smallest absolute Gasteiger partial charge is 0.128 e. The van der Waals surface area contributed by atoms with Gasteiger partial charge in [0.05, 0.1) is 25.8 Å². The molecule has 1 aromatic carbocycles. The van der Waals surface area contributed by atoms with E-state index in [9.17, 15) is 0 Å². The number of fused-ring (bicyclic) bond motifs is 3. The SMILES string of the molecule is C[NH+]1CCn2c3c(c4cc(C5CCCCC5)ccc42)CCC[C@@H]31. The molecule has 2 heterocycles. The van der Waals surface area contributed by atoms with E-state index in [1.54, 1.807) is 27.1 Å². The van der Waals surface area contributed by atoms with Gasteiger partial charge in [0.2, 0.25) is 0 Å². The van der Waals surface area contributed by atoms with Gasteiger partial charge in [-0.3, -0.25) is 0 Å². The van der Waals surface area contributed by atoms with Gasteiger partial charge < -0.3 is 9.47 Å². The Labute approximate surface area is 139 Å². The second kappa shape index (κ2) is 5.37. The number of likely N-dealkylation sites (N-methyl/N-ethyl adjacent to an activating group) is 1. The van der Waals surface area contributed by atoms with Gasteiger partial charge in [0.1, 0.15) is 6.04 Å². The van der Waals surface area contributed by atoms with Crippen LogP contribution in [0.1, 0.15) is 73.7 Å². The first kappa shape index (κ1) is 14.1. The van der Waals surface area contributed by atoms with E-state index in [0.717, 1.165) is 12.0 Å². The second-order valence-electron chi connectivity index (χ2n) is 8.17. The number of hydrogen-bond acceptors (Lipinski definition) is 0. The molecule has 0 spiro atoms. The summed E-state index contributed by atoms with van der Waals surface area (Å²) in [6, 6.07) is 8.24. The Morgan fingerprint density at radius 3 is 2.78 bits per heavy atom. The van der Waals surface area contributed by atoms with Crippen molar-refractivity contribution in [2.75, 3.05) is 13.6 Å². The first-order chi connectivity index (χ1) is 11.3. The van der Waals surface area contributed by atoms with Crippen LogP contribution in [0.25, 0.3) is 10.9 Å². The molecule has 122 valence electrons. The zero-order chi connectivity index (χ0) is 15.4. The lowest BCUT2D eigenvalue weighted by Gasteiger charge is -2.34. The van der Waals surface area contributed by atoms with Crippen molar-refractivity contribution in [3.8, 4) is 0 Å². The summed E-state index contributed by atoms with van der Waals surface area (Å²) in [6.07, 6.45) is 11.2. The zero-order valence-corrected chi connectivity index (χ0v) is 14.4. The summed E-state index contributed by atoms with van der Waals surface area (Å²) in [5, 5.41) is 1.60. The summed E-state index contributed by atoms with van der Waals surface area (Å²) in [4.78, 5) is 1.73. The van der Waals surface area contributed by atoms with Crippen LogP contribution in [0.2, 0.25) is 0 Å². The maximum Gasteiger partial charge on any atom is 0.128 e. The highest BCUT2D eigenvalue weighted by atomic mass is 15.2. The third kappa shape index (κ3) is 2.11. The average Bonchev–Trinajstić information content (AvgIpc) is 2.94. The number of quaternary nitrogens is 1. The molecule has 2 nitrogen and oxygen atoms in total. The molecule has 5 rings (SSSR count). The molecule has 0 amide bonds. The maximum atomic E-state index is 2.67. The minimum absolute atomic E-state index is 0.748. The van der Waals surface area contributed by atoms with E-state index in [2.05, 4.69) is 29.8 Å². The summed E-state index contributed by atoms with van der Waals surface area (Å²) in [5.41, 5.74) is 6.54. The van der Waals surface area contributed by atoms with Crippen molar-refractivity contribution in [1.82, 2.24) is 4.57 Å². The van der Waals surface area contributed by atoms with Gasteiger partial charge in [0.15, 0.2) is 0 Å². The molecule has 2 atom stereocenters. The number of rotatable bonds is 1. The molecule has 1 fully saturated rings. The van der Waals surface area contributed by atoms with E-state index in [1.165, 1.54) is 70.0 Å². The zero-order valence-electron chi connectivity index (χ0n) is 14.4. The highest BCUT2D eigenvalue weighted by Gasteiger charge is 2.36. The Morgan fingerprint density at radius 2 is 1.91 bits per heavy atom. The quantitative estimate of drug-likeness (QED) is 0.824. The lowest BCUT2D eigenvalue weighted by Crippen LogP contribution is -3.10. The second-order valence-corrected chi connectivity index (χ2v) is 8.17. The minimum atomic E-state index is 0.748. The van der Waals surface area contributed by atoms with E-state index in [-0.39, 0.29) is 0 Å². The van der Waals surface area contributed by atoms with Crippen molar-refractivity contribution >= 4 is 10.9 Å². The molecule has 1 unspecified atom stereocenters. The maximum absolute atomic E-state index is 2.67. The molecule has 1 saturated carbocycles. The summed E-state index contributed by atoms with van der Waals surface area (Å²) in [5.74, 6) is 0.824. The minimum Gasteiger partial charge on any atom is -0.334 e. The van der Waals surface area contributed by atoms with Crippen molar-refractivity contribution in [2.24, 2.45) is 0 Å². The van der Waals surface area contributed by atoms with E-state index < -0.39 is 0 Å². The van der Waals surface area contributed by atoms with Crippen LogP contribution in [0.5, 0.6) is 0 Å². The van der Waals surface area contributed by atoms with Crippen molar-refractivity contribution in [2.45, 2.75) is 69.9 Å². The Morgan fingerprint density at radius 1 is 1.04 bits per heavy atom. The molecule has 2 aliphatic carbocycles. The van der Waals surface area contributed by atoms with Crippen molar-refractivity contribution < 1.29 is 4.90 Å². The standard InChI is InChI=1S/C21H28N2/c1-22-12-13-23-19-11-10-16(15-6-3-2-4-7-15)14-18(19)17-8-5-9-20(22)21(17)23/h10-11,14-15,20H,2-9,12-13H2,1H3/p+1/t20-/m0/s1. The Bertz CT molecular complexity index is 736. The highest BCUT2D eigenvalue weighted by Crippen LogP contribution is 2.40. The van der Waals surface area contributed by atoms with Gasteiger partial charge in [-0.05, 0) is 54.9 Å². The number of hydrogen-bond donors (Lipinski definition) is 1. The molecule has 0 saturated heterocycles. The van der Waals surface area contributed by atoms with Crippen molar-refractivity contribution in [3.05, 3.63) is 35.0 Å². The fourth-order valence-electron chi connectivity index (χ4n) is 5.62. The highest BCUT2D eigenvalue weighted by molar-refractivity contribution is 5.87. The van der Waals surface area contributed by atoms with Gasteiger partial charge >= 0.3 is 0 Å². The van der Waals surface area contributed by atoms with Crippen LogP contribution >= 0.6 is 0 Å². The number of benzene rings is 1. The molecule has 1 aliphatic heterocycles. The fourth-order valence-corrected chi connectivity index (χ4v) is 5.62. The average molecular weight is 309 g/mol. The summed E-state index contributed by atoms with van der Waals surface area (Å²) in [6.45, 7) is 2.49. The van der Waals surface area contributed by atoms with Crippen LogP contribution in [-0.4, -0.2) is 18.2 Å². The summed E-state index contributed by atoms with van der Waals surface area (Å²) in [7, 11) is 2.40. The number of nitrogens with one attached hydrogen (secondary N) is 1. The van der Waals surface area contributed by atoms with Gasteiger partial charge in [0, 0.05) is 17.3 Å². The lowest BCUT2D eigenvalue weighted by molar-refractivity contribution is -0.917. The van der Waals surface area contributed by atoms with Gasteiger partial charge in [-0.25, -0.2) is 0 Å². The van der Waals surface area contributed by atoms with Gasteiger partial charge in [0.25, 0.3) is 0 Å². The molecule has 2 heteroatoms. The van der Waals surface area contributed by atoms with Crippen molar-refractivity contribution in [1.29, 1.82) is 0 Å². The number of nitrogens with zero attached hydrogens (tertiary/aromatic N) is 1. The first-order valence-electron chi connectivity index (χ1n) is 9.80. The summed E-state index contributed by atoms with van der Waals surface area (Å²) < 4.78 is 2.67. The van der Waals surface area contributed by atoms with E-state index in [4.69, 9.17) is 0 Å². The van der Waals surface area contributed by atoms with E-state index >= 15 is 0 Å². The van der Waals surface area contributed by atoms with Gasteiger partial charge in [-0.2, -0.15) is 0 Å². The predicted octanol–water partition coefficient (Wildman–Crippen LogP) is 3.59. The molecular weight excluding hydrogens is 280 g/mol. The molecule has 3 aliphatic rings. The van der Waals surface area contributed by atoms with Crippen LogP contribution in [0, 0.1) is 0 Å². The third-order valence-corrected chi connectivity index (χ3v) is 6.89. The van der Waals surface area contributed by atoms with Crippen LogP contribution in [0.3, 0.4) is 0 Å². The van der Waals surface area contributed by atoms with Crippen LogP contribution in [-0.2, 0) is 13.0 Å². The van der Waals surface area contributed by atoms with Crippen LogP contribution in [0.15, 0.2) is 18.2 Å². The van der Waals surface area contributed by atoms with Gasteiger partial charge in [-0.15, -0.1) is 0 Å². The van der Waals surface area contributed by atoms with Gasteiger partial charge in [-0.1, -0.05) is 25.3 Å². The molecule has 1 aromatic heterocycles. The summed E-state index contributed by atoms with van der Waals surface area (Å²) >= 11 is 0. The monoisotopic (exact) mass is 309 g/mol. The Kier molecular flexibility index (Phi) is 3.29. The van der Waals surface area contributed by atoms with Crippen molar-refractivity contribution in [3.63, 3.8) is 0 Å². The number of aryl methyl sites for hydroxylation is 1. The largest absolute Gasteiger partial charge is 0.334 e. The molecule has 0 bridgehead atoms. The predicted molar refractivity (Wildman–Crippen MR) is 95.2 cm³/mol. The Hall–Kier alpha value is -1.28. The van der Waals surface area contributed by atoms with Crippen LogP contribution < -0.4 is 4.90 Å². The molecular formula is C21H29N2+. The number of aromatic nitrogens is 1. The third-order valence-electron chi connectivity index (χ3n) is 6.89. The normalized spacial score (nSPS) is 28.0. The molecule has 23 heavy (non-hydrogen) atoms. The van der Waals surface area contributed by atoms with E-state index in [0.29, 0.717) is 0 Å².